The number of carboxylic acid groups (broad SMARTS) is 1. The Bertz CT molecular complexity index is 1060. The standard InChI is InChI=1S/C18H14N2O6S2/c1-9-5-12(13(20(24)25)6-10(9)2)14-4-3-11(26-14)7-15-17(23)19(8-16(21)22)18(27)28-15/h3-7H,8H2,1-2H3,(H,21,22)/b15-7+. The number of thioether (sulfide) groups is 1. The fourth-order valence-electron chi connectivity index (χ4n) is 2.63. The third-order valence-corrected chi connectivity index (χ3v) is 5.52. The molecule has 1 aliphatic rings. The first-order chi connectivity index (χ1) is 13.2. The van der Waals surface area contributed by atoms with Gasteiger partial charge in [0.15, 0.2) is 0 Å². The average Bonchev–Trinajstić information content (AvgIpc) is 3.17. The number of carbonyl (C=O) groups excluding carboxylic acids is 1. The van der Waals surface area contributed by atoms with Gasteiger partial charge in [-0.25, -0.2) is 0 Å². The third-order valence-electron chi connectivity index (χ3n) is 4.14. The van der Waals surface area contributed by atoms with Gasteiger partial charge in [0.25, 0.3) is 11.6 Å². The van der Waals surface area contributed by atoms with Crippen LogP contribution < -0.4 is 0 Å². The summed E-state index contributed by atoms with van der Waals surface area (Å²) >= 11 is 6.02. The van der Waals surface area contributed by atoms with Crippen LogP contribution in [0.25, 0.3) is 17.4 Å². The monoisotopic (exact) mass is 418 g/mol. The van der Waals surface area contributed by atoms with Crippen molar-refractivity contribution in [3.63, 3.8) is 0 Å². The number of rotatable bonds is 5. The second-order valence-electron chi connectivity index (χ2n) is 6.07. The second kappa shape index (κ2) is 7.56. The van der Waals surface area contributed by atoms with Crippen molar-refractivity contribution < 1.29 is 24.0 Å². The van der Waals surface area contributed by atoms with Crippen LogP contribution in [0.5, 0.6) is 0 Å². The van der Waals surface area contributed by atoms with Crippen molar-refractivity contribution in [2.45, 2.75) is 13.8 Å². The van der Waals surface area contributed by atoms with Gasteiger partial charge in [0, 0.05) is 12.1 Å². The predicted molar refractivity (Wildman–Crippen MR) is 108 cm³/mol. The molecule has 3 rings (SSSR count). The quantitative estimate of drug-likeness (QED) is 0.338. The van der Waals surface area contributed by atoms with Crippen LogP contribution in [0.4, 0.5) is 5.69 Å². The molecule has 1 amide bonds. The Morgan fingerprint density at radius 2 is 2.04 bits per heavy atom. The van der Waals surface area contributed by atoms with Crippen molar-refractivity contribution in [3.8, 4) is 11.3 Å². The average molecular weight is 418 g/mol. The van der Waals surface area contributed by atoms with Gasteiger partial charge in [-0.05, 0) is 43.2 Å². The van der Waals surface area contributed by atoms with E-state index in [1.54, 1.807) is 25.1 Å². The van der Waals surface area contributed by atoms with Gasteiger partial charge in [-0.2, -0.15) is 0 Å². The Balaban J connectivity index is 1.94. The number of hydrogen-bond acceptors (Lipinski definition) is 7. The van der Waals surface area contributed by atoms with E-state index in [9.17, 15) is 19.7 Å². The van der Waals surface area contributed by atoms with Crippen LogP contribution in [0.1, 0.15) is 16.9 Å². The molecular formula is C18H14N2O6S2. The highest BCUT2D eigenvalue weighted by Crippen LogP contribution is 2.36. The lowest BCUT2D eigenvalue weighted by Crippen LogP contribution is -2.33. The molecule has 2 aromatic rings. The van der Waals surface area contributed by atoms with E-state index in [0.29, 0.717) is 17.1 Å². The van der Waals surface area contributed by atoms with Crippen LogP contribution in [0, 0.1) is 24.0 Å². The molecule has 0 aliphatic carbocycles. The highest BCUT2D eigenvalue weighted by atomic mass is 32.2. The minimum absolute atomic E-state index is 0.0724. The Kier molecular flexibility index (Phi) is 5.34. The first-order valence-electron chi connectivity index (χ1n) is 8.00. The first kappa shape index (κ1) is 19.8. The van der Waals surface area contributed by atoms with Crippen molar-refractivity contribution in [1.82, 2.24) is 4.90 Å². The molecule has 0 unspecified atom stereocenters. The maximum absolute atomic E-state index is 12.3. The normalized spacial score (nSPS) is 15.5. The molecule has 0 radical (unpaired) electrons. The van der Waals surface area contributed by atoms with E-state index >= 15 is 0 Å². The maximum atomic E-state index is 12.3. The van der Waals surface area contributed by atoms with E-state index in [1.165, 1.54) is 12.1 Å². The molecular weight excluding hydrogens is 404 g/mol. The zero-order chi connectivity index (χ0) is 20.6. The highest BCUT2D eigenvalue weighted by Gasteiger charge is 2.33. The number of nitro benzene ring substituents is 1. The maximum Gasteiger partial charge on any atom is 0.323 e. The van der Waals surface area contributed by atoms with Gasteiger partial charge in [0.1, 0.15) is 22.4 Å². The summed E-state index contributed by atoms with van der Waals surface area (Å²) in [5.74, 6) is -1.09. The Morgan fingerprint density at radius 1 is 1.36 bits per heavy atom. The fourth-order valence-corrected chi connectivity index (χ4v) is 3.86. The third kappa shape index (κ3) is 3.82. The summed E-state index contributed by atoms with van der Waals surface area (Å²) in [5, 5.41) is 20.3. The van der Waals surface area contributed by atoms with Crippen molar-refractivity contribution in [2.75, 3.05) is 6.54 Å². The lowest BCUT2D eigenvalue weighted by molar-refractivity contribution is -0.384. The number of amides is 1. The number of carbonyl (C=O) groups is 2. The number of aliphatic carboxylic acids is 1. The van der Waals surface area contributed by atoms with Crippen LogP contribution in [-0.2, 0) is 9.59 Å². The Labute approximate surface area is 169 Å². The van der Waals surface area contributed by atoms with Crippen LogP contribution >= 0.6 is 24.0 Å². The highest BCUT2D eigenvalue weighted by molar-refractivity contribution is 8.26. The van der Waals surface area contributed by atoms with Crippen molar-refractivity contribution >= 4 is 51.9 Å². The summed E-state index contributed by atoms with van der Waals surface area (Å²) in [6.07, 6.45) is 1.44. The minimum Gasteiger partial charge on any atom is -0.480 e. The Morgan fingerprint density at radius 3 is 2.68 bits per heavy atom. The molecule has 0 spiro atoms. The first-order valence-corrected chi connectivity index (χ1v) is 9.23. The summed E-state index contributed by atoms with van der Waals surface area (Å²) in [6, 6.07) is 6.34. The number of thiocarbonyl (C=S) groups is 1. The molecule has 0 saturated carbocycles. The lowest BCUT2D eigenvalue weighted by atomic mass is 10.0. The summed E-state index contributed by atoms with van der Waals surface area (Å²) in [7, 11) is 0. The van der Waals surface area contributed by atoms with Crippen LogP contribution in [0.2, 0.25) is 0 Å². The molecule has 1 aromatic carbocycles. The van der Waals surface area contributed by atoms with Crippen molar-refractivity contribution in [1.29, 1.82) is 0 Å². The number of nitrogens with zero attached hydrogens (tertiary/aromatic N) is 2. The summed E-state index contributed by atoms with van der Waals surface area (Å²) < 4.78 is 5.84. The van der Waals surface area contributed by atoms with E-state index in [4.69, 9.17) is 21.7 Å². The zero-order valence-corrected chi connectivity index (χ0v) is 16.4. The molecule has 144 valence electrons. The van der Waals surface area contributed by atoms with E-state index in [0.717, 1.165) is 27.8 Å². The molecule has 10 heteroatoms. The molecule has 28 heavy (non-hydrogen) atoms. The smallest absolute Gasteiger partial charge is 0.323 e. The molecule has 1 fully saturated rings. The van der Waals surface area contributed by atoms with Crippen LogP contribution in [0.15, 0.2) is 33.6 Å². The second-order valence-corrected chi connectivity index (χ2v) is 7.75. The molecule has 1 aromatic heterocycles. The summed E-state index contributed by atoms with van der Waals surface area (Å²) in [6.45, 7) is 3.12. The molecule has 1 saturated heterocycles. The largest absolute Gasteiger partial charge is 0.480 e. The van der Waals surface area contributed by atoms with Crippen LogP contribution in [-0.4, -0.2) is 37.7 Å². The van der Waals surface area contributed by atoms with E-state index in [1.807, 2.05) is 6.92 Å². The number of aryl methyl sites for hydroxylation is 2. The molecule has 0 bridgehead atoms. The SMILES string of the molecule is Cc1cc(-c2ccc(/C=C3/SC(=S)N(CC(=O)O)C3=O)o2)c([N+](=O)[O-])cc1C. The van der Waals surface area contributed by atoms with Gasteiger partial charge in [-0.1, -0.05) is 24.0 Å². The van der Waals surface area contributed by atoms with Crippen LogP contribution in [0.3, 0.4) is 0 Å². The molecule has 1 aliphatic heterocycles. The minimum atomic E-state index is -1.17. The van der Waals surface area contributed by atoms with Crippen molar-refractivity contribution in [3.05, 3.63) is 56.2 Å². The number of carboxylic acids is 1. The van der Waals surface area contributed by atoms with Gasteiger partial charge in [-0.15, -0.1) is 0 Å². The molecule has 2 heterocycles. The Hall–Kier alpha value is -2.98. The summed E-state index contributed by atoms with van der Waals surface area (Å²) in [4.78, 5) is 35.3. The van der Waals surface area contributed by atoms with Gasteiger partial charge >= 0.3 is 5.97 Å². The number of furan rings is 1. The zero-order valence-electron chi connectivity index (χ0n) is 14.8. The van der Waals surface area contributed by atoms with E-state index in [2.05, 4.69) is 0 Å². The fraction of sp³-hybridized carbons (Fsp3) is 0.167. The molecule has 0 atom stereocenters. The number of hydrogen-bond donors (Lipinski definition) is 1. The lowest BCUT2D eigenvalue weighted by Gasteiger charge is -2.09. The van der Waals surface area contributed by atoms with Crippen molar-refractivity contribution in [2.24, 2.45) is 0 Å². The number of nitro groups is 1. The van der Waals surface area contributed by atoms with E-state index in [-0.39, 0.29) is 14.9 Å². The summed E-state index contributed by atoms with van der Waals surface area (Å²) in [5.41, 5.74) is 1.94. The van der Waals surface area contributed by atoms with Gasteiger partial charge in [0.2, 0.25) is 0 Å². The molecule has 8 nitrogen and oxygen atoms in total. The predicted octanol–water partition coefficient (Wildman–Crippen LogP) is 3.76. The topological polar surface area (TPSA) is 114 Å². The number of benzene rings is 1. The van der Waals surface area contributed by atoms with Gasteiger partial charge < -0.3 is 9.52 Å². The van der Waals surface area contributed by atoms with Gasteiger partial charge in [0.05, 0.1) is 15.4 Å². The van der Waals surface area contributed by atoms with E-state index < -0.39 is 23.3 Å². The molecule has 1 N–H and O–H groups in total. The van der Waals surface area contributed by atoms with Gasteiger partial charge in [-0.3, -0.25) is 24.6 Å².